The van der Waals surface area contributed by atoms with Gasteiger partial charge in [0.05, 0.1) is 10.8 Å². The molecule has 0 saturated heterocycles. The van der Waals surface area contributed by atoms with Crippen molar-refractivity contribution in [3.05, 3.63) is 114 Å². The molecule has 0 aliphatic heterocycles. The summed E-state index contributed by atoms with van der Waals surface area (Å²) in [5, 5.41) is 1.53. The van der Waals surface area contributed by atoms with Crippen LogP contribution in [0.15, 0.2) is 107 Å². The van der Waals surface area contributed by atoms with Crippen LogP contribution in [0.25, 0.3) is 21.8 Å². The highest BCUT2D eigenvalue weighted by molar-refractivity contribution is 7.95. The van der Waals surface area contributed by atoms with Gasteiger partial charge in [0, 0.05) is 46.0 Å². The second-order valence-electron chi connectivity index (χ2n) is 9.57. The summed E-state index contributed by atoms with van der Waals surface area (Å²) in [5.41, 5.74) is 2.47. The number of aryl methyl sites for hydroxylation is 2. The van der Waals surface area contributed by atoms with Crippen molar-refractivity contribution in [1.82, 2.24) is 0 Å². The van der Waals surface area contributed by atoms with Gasteiger partial charge in [-0.1, -0.05) is 60.7 Å². The molecule has 0 bridgehead atoms. The summed E-state index contributed by atoms with van der Waals surface area (Å²) >= 11 is 1.28. The van der Waals surface area contributed by atoms with Gasteiger partial charge < -0.3 is 0 Å². The maximum absolute atomic E-state index is 13.7. The first-order chi connectivity index (χ1) is 19.9. The fourth-order valence-electron chi connectivity index (χ4n) is 4.66. The molecule has 5 aromatic rings. The van der Waals surface area contributed by atoms with E-state index in [0.717, 1.165) is 27.4 Å². The lowest BCUT2D eigenvalue weighted by Crippen LogP contribution is -2.30. The van der Waals surface area contributed by atoms with E-state index >= 15 is 0 Å². The highest BCUT2D eigenvalue weighted by Crippen LogP contribution is 2.42. The number of benzene rings is 4. The minimum absolute atomic E-state index is 0.000798. The van der Waals surface area contributed by atoms with Crippen LogP contribution >= 0.6 is 24.1 Å². The van der Waals surface area contributed by atoms with Crippen LogP contribution in [-0.4, -0.2) is 12.4 Å². The molecule has 0 amide bonds. The van der Waals surface area contributed by atoms with Crippen LogP contribution in [-0.2, 0) is 15.4 Å². The number of fused-ring (bicyclic) bond motifs is 2. The van der Waals surface area contributed by atoms with Crippen LogP contribution in [0, 0.1) is 6.92 Å². The molecule has 218 valence electrons. The molecular weight excluding hydrogens is 596 g/mol. The summed E-state index contributed by atoms with van der Waals surface area (Å²) in [4.78, 5) is 0.944. The van der Waals surface area contributed by atoms with Crippen LogP contribution < -0.4 is 4.57 Å². The van der Waals surface area contributed by atoms with E-state index in [2.05, 4.69) is 0 Å². The number of pyridine rings is 1. The maximum atomic E-state index is 13.7. The number of hydrogen-bond donors (Lipinski definition) is 0. The zero-order chi connectivity index (χ0) is 30.1. The van der Waals surface area contributed by atoms with Gasteiger partial charge in [-0.2, -0.15) is 30.9 Å². The summed E-state index contributed by atoms with van der Waals surface area (Å²) in [6.45, 7) is 1.86. The standard InChI is InChI=1S/C31H24F6NO2S2/c1-19-24-17-22(41-39-28(30(32,33)34)20-9-5-3-6-10-20)13-15-26(24)38(2)27-16-14-23(18-25(19)27)42-40-29(31(35,36)37)21-11-7-4-8-12-21/h3-18,28-29H,1-2H3/q+1. The van der Waals surface area contributed by atoms with Crippen molar-refractivity contribution in [2.45, 2.75) is 41.3 Å². The Hall–Kier alpha value is -3.25. The molecule has 0 N–H and O–H groups in total. The first-order valence-electron chi connectivity index (χ1n) is 12.7. The second-order valence-corrected chi connectivity index (χ2v) is 11.2. The topological polar surface area (TPSA) is 22.3 Å². The third-order valence-corrected chi connectivity index (χ3v) is 8.22. The van der Waals surface area contributed by atoms with Crippen LogP contribution in [0.2, 0.25) is 0 Å². The molecule has 0 spiro atoms. The molecule has 0 aliphatic rings. The van der Waals surface area contributed by atoms with Crippen LogP contribution in [0.3, 0.4) is 0 Å². The van der Waals surface area contributed by atoms with Gasteiger partial charge in [0.1, 0.15) is 7.05 Å². The lowest BCUT2D eigenvalue weighted by atomic mass is 10.0. The molecule has 1 heterocycles. The van der Waals surface area contributed by atoms with E-state index in [1.165, 1.54) is 48.5 Å². The molecule has 0 saturated carbocycles. The van der Waals surface area contributed by atoms with E-state index in [1.54, 1.807) is 48.5 Å². The van der Waals surface area contributed by atoms with Crippen LogP contribution in [0.5, 0.6) is 0 Å². The zero-order valence-electron chi connectivity index (χ0n) is 22.2. The molecule has 0 fully saturated rings. The minimum atomic E-state index is -4.61. The number of halogens is 6. The van der Waals surface area contributed by atoms with E-state index < -0.39 is 24.6 Å². The van der Waals surface area contributed by atoms with Gasteiger partial charge in [-0.05, 0) is 47.9 Å². The van der Waals surface area contributed by atoms with Crippen LogP contribution in [0.1, 0.15) is 28.9 Å². The Bertz CT molecular complexity index is 1570. The molecule has 42 heavy (non-hydrogen) atoms. The van der Waals surface area contributed by atoms with E-state index in [9.17, 15) is 26.3 Å². The molecule has 2 atom stereocenters. The number of aromatic nitrogens is 1. The lowest BCUT2D eigenvalue weighted by Gasteiger charge is -2.20. The molecule has 11 heteroatoms. The number of hydrogen-bond acceptors (Lipinski definition) is 4. The largest absolute Gasteiger partial charge is 0.420 e. The average molecular weight is 621 g/mol. The van der Waals surface area contributed by atoms with E-state index in [4.69, 9.17) is 8.37 Å². The highest BCUT2D eigenvalue weighted by Gasteiger charge is 2.43. The summed E-state index contributed by atoms with van der Waals surface area (Å²) in [7, 11) is 1.85. The van der Waals surface area contributed by atoms with Gasteiger partial charge in [0.2, 0.25) is 11.0 Å². The minimum Gasteiger partial charge on any atom is -0.293 e. The Kier molecular flexibility index (Phi) is 8.75. The predicted molar refractivity (Wildman–Crippen MR) is 152 cm³/mol. The molecule has 4 aromatic carbocycles. The first kappa shape index (κ1) is 30.2. The molecular formula is C31H24F6NO2S2+. The zero-order valence-corrected chi connectivity index (χ0v) is 23.9. The van der Waals surface area contributed by atoms with Crippen LogP contribution in [0.4, 0.5) is 26.3 Å². The smallest absolute Gasteiger partial charge is 0.293 e. The fourth-order valence-corrected chi connectivity index (χ4v) is 6.09. The number of alkyl halides is 6. The third-order valence-electron chi connectivity index (χ3n) is 6.75. The van der Waals surface area contributed by atoms with Gasteiger partial charge in [0.25, 0.3) is 0 Å². The van der Waals surface area contributed by atoms with Crippen molar-refractivity contribution >= 4 is 45.9 Å². The van der Waals surface area contributed by atoms with Gasteiger partial charge >= 0.3 is 12.4 Å². The van der Waals surface area contributed by atoms with E-state index in [-0.39, 0.29) is 11.1 Å². The third kappa shape index (κ3) is 6.54. The first-order valence-corrected chi connectivity index (χ1v) is 14.2. The summed E-state index contributed by atoms with van der Waals surface area (Å²) < 4.78 is 95.0. The number of rotatable bonds is 8. The van der Waals surface area contributed by atoms with E-state index in [0.29, 0.717) is 33.9 Å². The Labute approximate surface area is 246 Å². The number of nitrogens with zero attached hydrogens (tertiary/aromatic N) is 1. The Morgan fingerprint density at radius 2 is 0.976 bits per heavy atom. The van der Waals surface area contributed by atoms with Gasteiger partial charge in [-0.3, -0.25) is 8.37 Å². The van der Waals surface area contributed by atoms with Gasteiger partial charge in [-0.15, -0.1) is 0 Å². The van der Waals surface area contributed by atoms with Crippen molar-refractivity contribution in [2.24, 2.45) is 7.05 Å². The highest BCUT2D eigenvalue weighted by atomic mass is 32.2. The lowest BCUT2D eigenvalue weighted by molar-refractivity contribution is -0.617. The normalized spacial score (nSPS) is 13.9. The summed E-state index contributed by atoms with van der Waals surface area (Å²) in [5.74, 6) is 0. The van der Waals surface area contributed by atoms with Crippen molar-refractivity contribution < 1.29 is 39.3 Å². The molecule has 1 aromatic heterocycles. The summed E-state index contributed by atoms with van der Waals surface area (Å²) in [6.07, 6.45) is -13.4. The molecule has 0 radical (unpaired) electrons. The van der Waals surface area contributed by atoms with Gasteiger partial charge in [-0.25, -0.2) is 0 Å². The Morgan fingerprint density at radius 1 is 0.595 bits per heavy atom. The van der Waals surface area contributed by atoms with Crippen molar-refractivity contribution in [3.8, 4) is 0 Å². The van der Waals surface area contributed by atoms with E-state index in [1.807, 2.05) is 18.5 Å². The van der Waals surface area contributed by atoms with Gasteiger partial charge in [0.15, 0.2) is 12.2 Å². The van der Waals surface area contributed by atoms with Crippen molar-refractivity contribution in [3.63, 3.8) is 0 Å². The SMILES string of the molecule is Cc1c2cc(SOC(c3ccccc3)C(F)(F)F)ccc2[n+](C)c2ccc(SOC(c3ccccc3)C(F)(F)F)cc12. The Morgan fingerprint density at radius 3 is 1.33 bits per heavy atom. The fraction of sp³-hybridized carbons (Fsp3) is 0.194. The summed E-state index contributed by atoms with van der Waals surface area (Å²) in [6, 6.07) is 25.3. The van der Waals surface area contributed by atoms with Crippen molar-refractivity contribution in [1.29, 1.82) is 0 Å². The molecule has 5 rings (SSSR count). The molecule has 3 nitrogen and oxygen atoms in total. The Balaban J connectivity index is 1.43. The molecule has 0 aliphatic carbocycles. The molecule has 2 unspecified atom stereocenters. The predicted octanol–water partition coefficient (Wildman–Crippen LogP) is 9.78. The quantitative estimate of drug-likeness (QED) is 0.0746. The second kappa shape index (κ2) is 12.2. The van der Waals surface area contributed by atoms with Crippen molar-refractivity contribution in [2.75, 3.05) is 0 Å². The monoisotopic (exact) mass is 620 g/mol. The maximum Gasteiger partial charge on any atom is 0.420 e. The average Bonchev–Trinajstić information content (AvgIpc) is 2.96.